The Morgan fingerprint density at radius 3 is 2.75 bits per heavy atom. The minimum absolute atomic E-state index is 0.461. The largest absolute Gasteiger partial charge is 0.381 e. The Morgan fingerprint density at radius 2 is 2.00 bits per heavy atom. The minimum atomic E-state index is 0.461. The number of hydrogen-bond donors (Lipinski definition) is 1. The summed E-state index contributed by atoms with van der Waals surface area (Å²) in [7, 11) is 2.09. The highest BCUT2D eigenvalue weighted by atomic mass is 16.5. The van der Waals surface area contributed by atoms with Crippen LogP contribution in [0.25, 0.3) is 0 Å². The second kappa shape index (κ2) is 6.58. The van der Waals surface area contributed by atoms with Crippen molar-refractivity contribution < 1.29 is 9.47 Å². The standard InChI is InChI=1S/C13H25NO2/c1-14-13-4-2-3-11(13)5-10-16-12-6-8-15-9-7-12/h11-14H,2-10H2,1H3. The molecule has 2 rings (SSSR count). The molecular formula is C13H25NO2. The zero-order chi connectivity index (χ0) is 11.2. The van der Waals surface area contributed by atoms with Crippen LogP contribution >= 0.6 is 0 Å². The number of rotatable bonds is 5. The van der Waals surface area contributed by atoms with Crippen molar-refractivity contribution in [1.29, 1.82) is 0 Å². The van der Waals surface area contributed by atoms with Crippen LogP contribution in [0.5, 0.6) is 0 Å². The molecule has 0 bridgehead atoms. The van der Waals surface area contributed by atoms with Gasteiger partial charge in [-0.3, -0.25) is 0 Å². The van der Waals surface area contributed by atoms with E-state index < -0.39 is 0 Å². The van der Waals surface area contributed by atoms with Crippen LogP contribution in [-0.2, 0) is 9.47 Å². The highest BCUT2D eigenvalue weighted by Gasteiger charge is 2.25. The highest BCUT2D eigenvalue weighted by Crippen LogP contribution is 2.28. The van der Waals surface area contributed by atoms with Gasteiger partial charge in [0.1, 0.15) is 0 Å². The lowest BCUT2D eigenvalue weighted by atomic mass is 10.0. The lowest BCUT2D eigenvalue weighted by molar-refractivity contribution is -0.0355. The summed E-state index contributed by atoms with van der Waals surface area (Å²) in [6, 6.07) is 0.735. The van der Waals surface area contributed by atoms with Crippen LogP contribution in [0, 0.1) is 5.92 Å². The third-order valence-electron chi connectivity index (χ3n) is 4.04. The molecule has 16 heavy (non-hydrogen) atoms. The third-order valence-corrected chi connectivity index (χ3v) is 4.04. The van der Waals surface area contributed by atoms with E-state index in [1.807, 2.05) is 0 Å². The molecule has 2 fully saturated rings. The van der Waals surface area contributed by atoms with Gasteiger partial charge in [-0.05, 0) is 45.1 Å². The fourth-order valence-electron chi connectivity index (χ4n) is 2.99. The summed E-state index contributed by atoms with van der Waals surface area (Å²) in [6.45, 7) is 2.70. The lowest BCUT2D eigenvalue weighted by Crippen LogP contribution is -2.30. The van der Waals surface area contributed by atoms with Gasteiger partial charge >= 0.3 is 0 Å². The van der Waals surface area contributed by atoms with Crippen LogP contribution in [0.3, 0.4) is 0 Å². The van der Waals surface area contributed by atoms with Crippen molar-refractivity contribution in [2.75, 3.05) is 26.9 Å². The van der Waals surface area contributed by atoms with Gasteiger partial charge in [-0.1, -0.05) is 6.42 Å². The lowest BCUT2D eigenvalue weighted by Gasteiger charge is -2.24. The van der Waals surface area contributed by atoms with E-state index in [2.05, 4.69) is 12.4 Å². The summed E-state index contributed by atoms with van der Waals surface area (Å²) in [6.07, 6.45) is 7.96. The molecule has 1 aliphatic carbocycles. The molecule has 1 N–H and O–H groups in total. The van der Waals surface area contributed by atoms with Gasteiger partial charge in [0.05, 0.1) is 6.10 Å². The van der Waals surface area contributed by atoms with E-state index in [4.69, 9.17) is 9.47 Å². The Bertz CT molecular complexity index is 192. The van der Waals surface area contributed by atoms with Crippen LogP contribution < -0.4 is 5.32 Å². The van der Waals surface area contributed by atoms with Crippen LogP contribution in [0.1, 0.15) is 38.5 Å². The van der Waals surface area contributed by atoms with E-state index >= 15 is 0 Å². The molecule has 2 unspecified atom stereocenters. The summed E-state index contributed by atoms with van der Waals surface area (Å²) in [5.41, 5.74) is 0. The molecule has 0 radical (unpaired) electrons. The Labute approximate surface area is 98.9 Å². The summed E-state index contributed by atoms with van der Waals surface area (Å²) >= 11 is 0. The van der Waals surface area contributed by atoms with E-state index in [-0.39, 0.29) is 0 Å². The van der Waals surface area contributed by atoms with Crippen LogP contribution in [-0.4, -0.2) is 39.0 Å². The quantitative estimate of drug-likeness (QED) is 0.779. The fourth-order valence-corrected chi connectivity index (χ4v) is 2.99. The molecule has 0 spiro atoms. The molecule has 1 heterocycles. The molecule has 0 aromatic rings. The van der Waals surface area contributed by atoms with Gasteiger partial charge in [-0.2, -0.15) is 0 Å². The number of ether oxygens (including phenoxy) is 2. The molecule has 1 saturated heterocycles. The molecule has 2 aliphatic rings. The molecular weight excluding hydrogens is 202 g/mol. The van der Waals surface area contributed by atoms with Crippen LogP contribution in [0.4, 0.5) is 0 Å². The van der Waals surface area contributed by atoms with Gasteiger partial charge in [-0.15, -0.1) is 0 Å². The molecule has 3 nitrogen and oxygen atoms in total. The molecule has 1 aliphatic heterocycles. The van der Waals surface area contributed by atoms with Gasteiger partial charge in [0.2, 0.25) is 0 Å². The van der Waals surface area contributed by atoms with E-state index in [0.29, 0.717) is 6.10 Å². The van der Waals surface area contributed by atoms with Crippen molar-refractivity contribution in [3.63, 3.8) is 0 Å². The van der Waals surface area contributed by atoms with Crippen molar-refractivity contribution in [3.05, 3.63) is 0 Å². The van der Waals surface area contributed by atoms with Crippen molar-refractivity contribution in [2.45, 2.75) is 50.7 Å². The Morgan fingerprint density at radius 1 is 1.19 bits per heavy atom. The monoisotopic (exact) mass is 227 g/mol. The van der Waals surface area contributed by atoms with Gasteiger partial charge in [-0.25, -0.2) is 0 Å². The van der Waals surface area contributed by atoms with Crippen molar-refractivity contribution in [3.8, 4) is 0 Å². The zero-order valence-corrected chi connectivity index (χ0v) is 10.4. The van der Waals surface area contributed by atoms with E-state index in [9.17, 15) is 0 Å². The SMILES string of the molecule is CNC1CCCC1CCOC1CCOCC1. The van der Waals surface area contributed by atoms with Crippen LogP contribution in [0.15, 0.2) is 0 Å². The maximum Gasteiger partial charge on any atom is 0.0619 e. The molecule has 0 aromatic heterocycles. The molecule has 2 atom stereocenters. The average molecular weight is 227 g/mol. The van der Waals surface area contributed by atoms with Gasteiger partial charge in [0, 0.05) is 25.9 Å². The number of hydrogen-bond acceptors (Lipinski definition) is 3. The van der Waals surface area contributed by atoms with Crippen LogP contribution in [0.2, 0.25) is 0 Å². The Balaban J connectivity index is 1.59. The van der Waals surface area contributed by atoms with E-state index in [1.165, 1.54) is 25.7 Å². The average Bonchev–Trinajstić information content (AvgIpc) is 2.78. The first-order valence-electron chi connectivity index (χ1n) is 6.76. The highest BCUT2D eigenvalue weighted by molar-refractivity contribution is 4.81. The fraction of sp³-hybridized carbons (Fsp3) is 1.00. The second-order valence-electron chi connectivity index (χ2n) is 5.06. The maximum atomic E-state index is 5.93. The molecule has 0 aromatic carbocycles. The second-order valence-corrected chi connectivity index (χ2v) is 5.06. The Hall–Kier alpha value is -0.120. The van der Waals surface area contributed by atoms with Crippen molar-refractivity contribution >= 4 is 0 Å². The van der Waals surface area contributed by atoms with E-state index in [0.717, 1.165) is 44.6 Å². The predicted octanol–water partition coefficient (Wildman–Crippen LogP) is 1.96. The third kappa shape index (κ3) is 3.44. The van der Waals surface area contributed by atoms with Crippen molar-refractivity contribution in [2.24, 2.45) is 5.92 Å². The Kier molecular flexibility index (Phi) is 5.07. The summed E-state index contributed by atoms with van der Waals surface area (Å²) in [5.74, 6) is 0.838. The summed E-state index contributed by atoms with van der Waals surface area (Å²) < 4.78 is 11.3. The van der Waals surface area contributed by atoms with Gasteiger partial charge in [0.25, 0.3) is 0 Å². The topological polar surface area (TPSA) is 30.5 Å². The molecule has 1 saturated carbocycles. The first kappa shape index (κ1) is 12.3. The first-order valence-corrected chi connectivity index (χ1v) is 6.76. The maximum absolute atomic E-state index is 5.93. The van der Waals surface area contributed by atoms with Gasteiger partial charge in [0.15, 0.2) is 0 Å². The molecule has 0 amide bonds. The predicted molar refractivity (Wildman–Crippen MR) is 64.6 cm³/mol. The zero-order valence-electron chi connectivity index (χ0n) is 10.4. The minimum Gasteiger partial charge on any atom is -0.381 e. The smallest absolute Gasteiger partial charge is 0.0619 e. The van der Waals surface area contributed by atoms with E-state index in [1.54, 1.807) is 0 Å². The van der Waals surface area contributed by atoms with Gasteiger partial charge < -0.3 is 14.8 Å². The molecule has 3 heteroatoms. The normalized spacial score (nSPS) is 32.1. The molecule has 94 valence electrons. The summed E-state index contributed by atoms with van der Waals surface area (Å²) in [5, 5.41) is 3.43. The number of nitrogens with one attached hydrogen (secondary N) is 1. The summed E-state index contributed by atoms with van der Waals surface area (Å²) in [4.78, 5) is 0. The first-order chi connectivity index (χ1) is 7.90. The van der Waals surface area contributed by atoms with Crippen molar-refractivity contribution in [1.82, 2.24) is 5.32 Å².